The van der Waals surface area contributed by atoms with E-state index in [1.165, 1.54) is 6.07 Å². The minimum absolute atomic E-state index is 0.0783. The van der Waals surface area contributed by atoms with Crippen LogP contribution in [0.4, 0.5) is 0 Å². The van der Waals surface area contributed by atoms with Crippen LogP contribution in [0.1, 0.15) is 21.5 Å². The average molecular weight is 395 g/mol. The van der Waals surface area contributed by atoms with Crippen molar-refractivity contribution in [1.82, 2.24) is 10.6 Å². The van der Waals surface area contributed by atoms with Crippen LogP contribution in [-0.2, 0) is 4.79 Å². The van der Waals surface area contributed by atoms with Crippen LogP contribution in [0.25, 0.3) is 0 Å². The minimum atomic E-state index is -0.288. The average Bonchev–Trinajstić information content (AvgIpc) is 2.62. The number of benzene rings is 2. The first kappa shape index (κ1) is 20.1. The summed E-state index contributed by atoms with van der Waals surface area (Å²) in [7, 11) is 0. The van der Waals surface area contributed by atoms with Gasteiger partial charge in [-0.2, -0.15) is 0 Å². The standard InChI is InChI=1S/C19H20Cl2N2O3/c1-12-4-3-5-17(13(12)2)26-11-18(24)22-8-9-23-19(25)14-6-7-15(20)16(21)10-14/h3-7,10H,8-9,11H2,1-2H3,(H,22,24)(H,23,25). The smallest absolute Gasteiger partial charge is 0.258 e. The molecule has 0 aliphatic heterocycles. The topological polar surface area (TPSA) is 67.4 Å². The van der Waals surface area contributed by atoms with Gasteiger partial charge in [0.1, 0.15) is 5.75 Å². The van der Waals surface area contributed by atoms with Crippen molar-refractivity contribution in [3.63, 3.8) is 0 Å². The molecule has 138 valence electrons. The van der Waals surface area contributed by atoms with E-state index in [1.807, 2.05) is 32.0 Å². The summed E-state index contributed by atoms with van der Waals surface area (Å²) < 4.78 is 5.52. The van der Waals surface area contributed by atoms with Gasteiger partial charge in [-0.3, -0.25) is 9.59 Å². The molecule has 0 aliphatic carbocycles. The van der Waals surface area contributed by atoms with Crippen molar-refractivity contribution >= 4 is 35.0 Å². The number of rotatable bonds is 7. The van der Waals surface area contributed by atoms with Crippen LogP contribution >= 0.6 is 23.2 Å². The molecule has 0 atom stereocenters. The van der Waals surface area contributed by atoms with Crippen molar-refractivity contribution in [3.05, 3.63) is 63.1 Å². The van der Waals surface area contributed by atoms with Crippen LogP contribution in [0.3, 0.4) is 0 Å². The Balaban J connectivity index is 1.70. The van der Waals surface area contributed by atoms with Crippen molar-refractivity contribution in [2.75, 3.05) is 19.7 Å². The molecule has 0 bridgehead atoms. The van der Waals surface area contributed by atoms with E-state index >= 15 is 0 Å². The van der Waals surface area contributed by atoms with Crippen molar-refractivity contribution in [1.29, 1.82) is 0 Å². The molecule has 0 saturated heterocycles. The fourth-order valence-electron chi connectivity index (χ4n) is 2.19. The maximum absolute atomic E-state index is 12.0. The predicted octanol–water partition coefficient (Wildman–Crippen LogP) is 3.54. The monoisotopic (exact) mass is 394 g/mol. The number of aryl methyl sites for hydroxylation is 1. The lowest BCUT2D eigenvalue weighted by molar-refractivity contribution is -0.123. The first-order chi connectivity index (χ1) is 12.4. The number of halogens is 2. The summed E-state index contributed by atoms with van der Waals surface area (Å²) in [5.74, 6) is 0.146. The Morgan fingerprint density at radius 3 is 2.46 bits per heavy atom. The fraction of sp³-hybridized carbons (Fsp3) is 0.263. The molecule has 0 radical (unpaired) electrons. The maximum atomic E-state index is 12.0. The summed E-state index contributed by atoms with van der Waals surface area (Å²) in [4.78, 5) is 23.8. The zero-order valence-corrected chi connectivity index (χ0v) is 16.1. The number of hydrogen-bond donors (Lipinski definition) is 2. The number of carbonyl (C=O) groups is 2. The van der Waals surface area contributed by atoms with E-state index in [2.05, 4.69) is 10.6 Å². The van der Waals surface area contributed by atoms with Gasteiger partial charge in [-0.25, -0.2) is 0 Å². The first-order valence-corrected chi connectivity index (χ1v) is 8.83. The molecule has 2 amide bonds. The fourth-order valence-corrected chi connectivity index (χ4v) is 2.49. The molecule has 2 aromatic carbocycles. The second-order valence-electron chi connectivity index (χ2n) is 5.72. The van der Waals surface area contributed by atoms with Crippen molar-refractivity contribution in [2.45, 2.75) is 13.8 Å². The highest BCUT2D eigenvalue weighted by atomic mass is 35.5. The van der Waals surface area contributed by atoms with Crippen LogP contribution in [0.2, 0.25) is 10.0 Å². The lowest BCUT2D eigenvalue weighted by atomic mass is 10.1. The molecule has 26 heavy (non-hydrogen) atoms. The Labute approximate surface area is 162 Å². The summed E-state index contributed by atoms with van der Waals surface area (Å²) in [5.41, 5.74) is 2.52. The predicted molar refractivity (Wildman–Crippen MR) is 103 cm³/mol. The third kappa shape index (κ3) is 5.64. The van der Waals surface area contributed by atoms with Gasteiger partial charge >= 0.3 is 0 Å². The summed E-state index contributed by atoms with van der Waals surface area (Å²) >= 11 is 11.7. The number of ether oxygens (including phenoxy) is 1. The van der Waals surface area contributed by atoms with Crippen LogP contribution in [0.15, 0.2) is 36.4 Å². The number of nitrogens with one attached hydrogen (secondary N) is 2. The van der Waals surface area contributed by atoms with Crippen LogP contribution < -0.4 is 15.4 Å². The molecule has 2 rings (SSSR count). The first-order valence-electron chi connectivity index (χ1n) is 8.07. The number of carbonyl (C=O) groups excluding carboxylic acids is 2. The summed E-state index contributed by atoms with van der Waals surface area (Å²) in [6.45, 7) is 4.43. The Bertz CT molecular complexity index is 809. The SMILES string of the molecule is Cc1cccc(OCC(=O)NCCNC(=O)c2ccc(Cl)c(Cl)c2)c1C. The molecule has 0 heterocycles. The van der Waals surface area contributed by atoms with E-state index in [9.17, 15) is 9.59 Å². The van der Waals surface area contributed by atoms with E-state index in [1.54, 1.807) is 12.1 Å². The Morgan fingerprint density at radius 2 is 1.73 bits per heavy atom. The molecule has 0 aliphatic rings. The molecule has 5 nitrogen and oxygen atoms in total. The molecule has 0 fully saturated rings. The van der Waals surface area contributed by atoms with Gasteiger partial charge in [0.15, 0.2) is 6.61 Å². The Hall–Kier alpha value is -2.24. The molecule has 0 unspecified atom stereocenters. The summed E-state index contributed by atoms with van der Waals surface area (Å²) in [6, 6.07) is 10.3. The van der Waals surface area contributed by atoms with Gasteiger partial charge in [-0.15, -0.1) is 0 Å². The van der Waals surface area contributed by atoms with E-state index < -0.39 is 0 Å². The highest BCUT2D eigenvalue weighted by molar-refractivity contribution is 6.42. The van der Waals surface area contributed by atoms with Gasteiger partial charge in [0.2, 0.25) is 0 Å². The largest absolute Gasteiger partial charge is 0.483 e. The zero-order chi connectivity index (χ0) is 19.1. The van der Waals surface area contributed by atoms with Crippen LogP contribution in [0, 0.1) is 13.8 Å². The van der Waals surface area contributed by atoms with Gasteiger partial charge in [0.25, 0.3) is 11.8 Å². The molecule has 2 aromatic rings. The number of hydrogen-bond acceptors (Lipinski definition) is 3. The Morgan fingerprint density at radius 1 is 1.00 bits per heavy atom. The minimum Gasteiger partial charge on any atom is -0.483 e. The van der Waals surface area contributed by atoms with Gasteiger partial charge in [-0.1, -0.05) is 35.3 Å². The highest BCUT2D eigenvalue weighted by Crippen LogP contribution is 2.22. The molecule has 2 N–H and O–H groups in total. The van der Waals surface area contributed by atoms with Crippen molar-refractivity contribution < 1.29 is 14.3 Å². The van der Waals surface area contributed by atoms with Crippen LogP contribution in [-0.4, -0.2) is 31.5 Å². The maximum Gasteiger partial charge on any atom is 0.258 e. The lowest BCUT2D eigenvalue weighted by Crippen LogP contribution is -2.36. The third-order valence-corrected chi connectivity index (χ3v) is 4.57. The molecule has 7 heteroatoms. The summed E-state index contributed by atoms with van der Waals surface area (Å²) in [5, 5.41) is 6.09. The second-order valence-corrected chi connectivity index (χ2v) is 6.54. The van der Waals surface area contributed by atoms with Gasteiger partial charge in [-0.05, 0) is 49.2 Å². The number of amides is 2. The molecule has 0 saturated carbocycles. The molecule has 0 spiro atoms. The zero-order valence-electron chi connectivity index (χ0n) is 14.6. The van der Waals surface area contributed by atoms with Crippen molar-refractivity contribution in [2.24, 2.45) is 0 Å². The second kappa shape index (κ2) is 9.46. The van der Waals surface area contributed by atoms with Gasteiger partial charge in [0.05, 0.1) is 10.0 Å². The summed E-state index contributed by atoms with van der Waals surface area (Å²) in [6.07, 6.45) is 0. The van der Waals surface area contributed by atoms with E-state index in [0.29, 0.717) is 27.9 Å². The van der Waals surface area contributed by atoms with Crippen LogP contribution in [0.5, 0.6) is 5.75 Å². The Kier molecular flexibility index (Phi) is 7.30. The normalized spacial score (nSPS) is 10.3. The van der Waals surface area contributed by atoms with Crippen molar-refractivity contribution in [3.8, 4) is 5.75 Å². The quantitative estimate of drug-likeness (QED) is 0.705. The van der Waals surface area contributed by atoms with E-state index in [4.69, 9.17) is 27.9 Å². The molecular formula is C19H20Cl2N2O3. The van der Waals surface area contributed by atoms with E-state index in [-0.39, 0.29) is 25.0 Å². The highest BCUT2D eigenvalue weighted by Gasteiger charge is 2.09. The van der Waals surface area contributed by atoms with E-state index in [0.717, 1.165) is 11.1 Å². The lowest BCUT2D eigenvalue weighted by Gasteiger charge is -2.11. The molecule has 0 aromatic heterocycles. The van der Waals surface area contributed by atoms with Gasteiger partial charge < -0.3 is 15.4 Å². The molecular weight excluding hydrogens is 375 g/mol. The van der Waals surface area contributed by atoms with Gasteiger partial charge in [0, 0.05) is 18.7 Å². The third-order valence-electron chi connectivity index (χ3n) is 3.83.